The number of rotatable bonds is 3. The fourth-order valence-corrected chi connectivity index (χ4v) is 2.20. The van der Waals surface area contributed by atoms with Gasteiger partial charge in [-0.25, -0.2) is 0 Å². The van der Waals surface area contributed by atoms with Gasteiger partial charge in [0, 0.05) is 12.6 Å². The van der Waals surface area contributed by atoms with Crippen molar-refractivity contribution in [3.05, 3.63) is 66.4 Å². The molecule has 0 aliphatic rings. The van der Waals surface area contributed by atoms with Crippen molar-refractivity contribution in [1.29, 1.82) is 0 Å². The van der Waals surface area contributed by atoms with E-state index in [9.17, 15) is 0 Å². The molecule has 0 radical (unpaired) electrons. The van der Waals surface area contributed by atoms with Gasteiger partial charge in [-0.15, -0.1) is 0 Å². The van der Waals surface area contributed by atoms with Crippen molar-refractivity contribution >= 4 is 0 Å². The summed E-state index contributed by atoms with van der Waals surface area (Å²) >= 11 is 0. The topological polar surface area (TPSA) is 27.1 Å². The van der Waals surface area contributed by atoms with E-state index in [2.05, 4.69) is 23.3 Å². The van der Waals surface area contributed by atoms with Gasteiger partial charge in [-0.2, -0.15) is 5.10 Å². The summed E-state index contributed by atoms with van der Waals surface area (Å²) in [6, 6.07) is 19.9. The van der Waals surface area contributed by atoms with Crippen molar-refractivity contribution in [2.75, 3.05) is 0 Å². The average Bonchev–Trinajstić information content (AvgIpc) is 2.80. The van der Waals surface area contributed by atoms with Crippen LogP contribution in [-0.4, -0.2) is 9.78 Å². The molecule has 100 valence electrons. The van der Waals surface area contributed by atoms with Crippen molar-refractivity contribution in [2.24, 2.45) is 7.05 Å². The lowest BCUT2D eigenvalue weighted by Crippen LogP contribution is -1.93. The van der Waals surface area contributed by atoms with E-state index in [0.717, 1.165) is 28.5 Å². The van der Waals surface area contributed by atoms with Crippen LogP contribution in [0.4, 0.5) is 0 Å². The molecule has 0 amide bonds. The first kappa shape index (κ1) is 12.5. The van der Waals surface area contributed by atoms with Gasteiger partial charge in [0.15, 0.2) is 0 Å². The van der Waals surface area contributed by atoms with Crippen LogP contribution in [0.15, 0.2) is 60.7 Å². The molecule has 0 saturated carbocycles. The standard InChI is InChI=1S/C17H16N2O/c1-13-12-17(19(2)18-13)14-8-10-16(11-9-14)20-15-6-4-3-5-7-15/h3-12H,1-2H3. The molecule has 0 bridgehead atoms. The largest absolute Gasteiger partial charge is 0.457 e. The Morgan fingerprint density at radius 2 is 1.55 bits per heavy atom. The molecule has 0 aliphatic heterocycles. The van der Waals surface area contributed by atoms with Crippen LogP contribution < -0.4 is 4.74 Å². The van der Waals surface area contributed by atoms with E-state index in [1.165, 1.54) is 0 Å². The summed E-state index contributed by atoms with van der Waals surface area (Å²) in [5, 5.41) is 4.36. The first-order chi connectivity index (χ1) is 9.72. The van der Waals surface area contributed by atoms with Crippen molar-refractivity contribution in [1.82, 2.24) is 9.78 Å². The number of hydrogen-bond donors (Lipinski definition) is 0. The van der Waals surface area contributed by atoms with Crippen LogP contribution in [0, 0.1) is 6.92 Å². The highest BCUT2D eigenvalue weighted by atomic mass is 16.5. The Balaban J connectivity index is 1.83. The SMILES string of the molecule is Cc1cc(-c2ccc(Oc3ccccc3)cc2)n(C)n1. The molecular formula is C17H16N2O. The zero-order chi connectivity index (χ0) is 13.9. The minimum Gasteiger partial charge on any atom is -0.457 e. The maximum absolute atomic E-state index is 5.78. The zero-order valence-corrected chi connectivity index (χ0v) is 11.6. The average molecular weight is 264 g/mol. The summed E-state index contributed by atoms with van der Waals surface area (Å²) in [7, 11) is 1.96. The van der Waals surface area contributed by atoms with Gasteiger partial charge in [0.2, 0.25) is 0 Å². The maximum Gasteiger partial charge on any atom is 0.127 e. The minimum atomic E-state index is 0.832. The Bertz CT molecular complexity index is 700. The third-order valence-corrected chi connectivity index (χ3v) is 3.13. The van der Waals surface area contributed by atoms with E-state index >= 15 is 0 Å². The number of benzene rings is 2. The number of aryl methyl sites for hydroxylation is 2. The summed E-state index contributed by atoms with van der Waals surface area (Å²) in [5.74, 6) is 1.68. The molecule has 0 fully saturated rings. The third-order valence-electron chi connectivity index (χ3n) is 3.13. The number of hydrogen-bond acceptors (Lipinski definition) is 2. The summed E-state index contributed by atoms with van der Waals surface area (Å²) in [5.41, 5.74) is 3.26. The van der Waals surface area contributed by atoms with Gasteiger partial charge in [0.05, 0.1) is 11.4 Å². The lowest BCUT2D eigenvalue weighted by molar-refractivity contribution is 0.483. The second-order valence-electron chi connectivity index (χ2n) is 4.73. The smallest absolute Gasteiger partial charge is 0.127 e. The van der Waals surface area contributed by atoms with Crippen LogP contribution in [0.2, 0.25) is 0 Å². The number of para-hydroxylation sites is 1. The lowest BCUT2D eigenvalue weighted by atomic mass is 10.1. The Morgan fingerprint density at radius 1 is 0.900 bits per heavy atom. The van der Waals surface area contributed by atoms with Gasteiger partial charge in [-0.05, 0) is 49.4 Å². The van der Waals surface area contributed by atoms with E-state index in [1.54, 1.807) is 0 Å². The van der Waals surface area contributed by atoms with Gasteiger partial charge >= 0.3 is 0 Å². The van der Waals surface area contributed by atoms with Gasteiger partial charge in [-0.1, -0.05) is 18.2 Å². The monoisotopic (exact) mass is 264 g/mol. The Kier molecular flexibility index (Phi) is 3.25. The first-order valence-corrected chi connectivity index (χ1v) is 6.56. The second-order valence-corrected chi connectivity index (χ2v) is 4.73. The minimum absolute atomic E-state index is 0.832. The van der Waals surface area contributed by atoms with E-state index in [1.807, 2.05) is 61.1 Å². The number of aromatic nitrogens is 2. The Labute approximate surface area is 118 Å². The van der Waals surface area contributed by atoms with Gasteiger partial charge in [-0.3, -0.25) is 4.68 Å². The lowest BCUT2D eigenvalue weighted by Gasteiger charge is -2.07. The molecule has 0 unspecified atom stereocenters. The Hall–Kier alpha value is -2.55. The van der Waals surface area contributed by atoms with Crippen molar-refractivity contribution in [2.45, 2.75) is 6.92 Å². The predicted molar refractivity (Wildman–Crippen MR) is 79.9 cm³/mol. The summed E-state index contributed by atoms with van der Waals surface area (Å²) in [6.45, 7) is 2.00. The third kappa shape index (κ3) is 2.57. The molecular weight excluding hydrogens is 248 g/mol. The summed E-state index contributed by atoms with van der Waals surface area (Å²) < 4.78 is 7.67. The van der Waals surface area contributed by atoms with Crippen LogP contribution in [-0.2, 0) is 7.05 Å². The van der Waals surface area contributed by atoms with Crippen LogP contribution in [0.5, 0.6) is 11.5 Å². The molecule has 0 N–H and O–H groups in total. The second kappa shape index (κ2) is 5.21. The summed E-state index contributed by atoms with van der Waals surface area (Å²) in [6.07, 6.45) is 0. The molecule has 1 heterocycles. The number of ether oxygens (including phenoxy) is 1. The molecule has 0 aliphatic carbocycles. The molecule has 2 aromatic carbocycles. The maximum atomic E-state index is 5.78. The highest BCUT2D eigenvalue weighted by Crippen LogP contribution is 2.25. The molecule has 3 aromatic rings. The first-order valence-electron chi connectivity index (χ1n) is 6.56. The van der Waals surface area contributed by atoms with Crippen molar-refractivity contribution in [3.63, 3.8) is 0 Å². The quantitative estimate of drug-likeness (QED) is 0.709. The van der Waals surface area contributed by atoms with Crippen molar-refractivity contribution < 1.29 is 4.74 Å². The van der Waals surface area contributed by atoms with Gasteiger partial charge in [0.25, 0.3) is 0 Å². The molecule has 20 heavy (non-hydrogen) atoms. The highest BCUT2D eigenvalue weighted by molar-refractivity contribution is 5.61. The van der Waals surface area contributed by atoms with Crippen LogP contribution in [0.25, 0.3) is 11.3 Å². The van der Waals surface area contributed by atoms with E-state index in [-0.39, 0.29) is 0 Å². The van der Waals surface area contributed by atoms with Crippen LogP contribution in [0.3, 0.4) is 0 Å². The molecule has 0 spiro atoms. The Morgan fingerprint density at radius 3 is 2.15 bits per heavy atom. The molecule has 0 saturated heterocycles. The predicted octanol–water partition coefficient (Wildman–Crippen LogP) is 4.19. The number of nitrogens with zero attached hydrogens (tertiary/aromatic N) is 2. The van der Waals surface area contributed by atoms with Crippen LogP contribution in [0.1, 0.15) is 5.69 Å². The molecule has 3 heteroatoms. The fraction of sp³-hybridized carbons (Fsp3) is 0.118. The molecule has 3 rings (SSSR count). The molecule has 1 aromatic heterocycles. The molecule has 3 nitrogen and oxygen atoms in total. The highest BCUT2D eigenvalue weighted by Gasteiger charge is 2.05. The molecule has 0 atom stereocenters. The van der Waals surface area contributed by atoms with E-state index < -0.39 is 0 Å². The van der Waals surface area contributed by atoms with E-state index in [0.29, 0.717) is 0 Å². The fourth-order valence-electron chi connectivity index (χ4n) is 2.20. The zero-order valence-electron chi connectivity index (χ0n) is 11.6. The summed E-state index contributed by atoms with van der Waals surface area (Å²) in [4.78, 5) is 0. The van der Waals surface area contributed by atoms with Crippen LogP contribution >= 0.6 is 0 Å². The van der Waals surface area contributed by atoms with E-state index in [4.69, 9.17) is 4.74 Å². The van der Waals surface area contributed by atoms with Gasteiger partial charge in [0.1, 0.15) is 11.5 Å². The van der Waals surface area contributed by atoms with Gasteiger partial charge < -0.3 is 4.74 Å². The normalized spacial score (nSPS) is 10.5. The van der Waals surface area contributed by atoms with Crippen molar-refractivity contribution in [3.8, 4) is 22.8 Å².